The Hall–Kier alpha value is -2.93. The Bertz CT molecular complexity index is 980. The SMILES string of the molecule is Cc1nc2ccc(NC(=O)c3ccc4c(c3)NC(=O)CO4)cc2s1. The van der Waals surface area contributed by atoms with Crippen molar-refractivity contribution in [3.8, 4) is 5.75 Å². The van der Waals surface area contributed by atoms with Crippen LogP contribution < -0.4 is 15.4 Å². The summed E-state index contributed by atoms with van der Waals surface area (Å²) in [5, 5.41) is 6.54. The molecule has 2 heterocycles. The van der Waals surface area contributed by atoms with Gasteiger partial charge < -0.3 is 15.4 Å². The van der Waals surface area contributed by atoms with E-state index in [1.165, 1.54) is 0 Å². The van der Waals surface area contributed by atoms with Crippen LogP contribution in [0.5, 0.6) is 5.75 Å². The summed E-state index contributed by atoms with van der Waals surface area (Å²) in [6, 6.07) is 10.6. The third-order valence-corrected chi connectivity index (χ3v) is 4.56. The summed E-state index contributed by atoms with van der Waals surface area (Å²) in [6.45, 7) is 1.94. The van der Waals surface area contributed by atoms with Crippen molar-refractivity contribution in [1.82, 2.24) is 4.98 Å². The minimum absolute atomic E-state index is 0.00712. The fourth-order valence-corrected chi connectivity index (χ4v) is 3.41. The molecule has 7 heteroatoms. The van der Waals surface area contributed by atoms with E-state index in [-0.39, 0.29) is 18.4 Å². The Morgan fingerprint density at radius 3 is 3.04 bits per heavy atom. The van der Waals surface area contributed by atoms with E-state index in [1.54, 1.807) is 29.5 Å². The second-order valence-corrected chi connectivity index (χ2v) is 6.65. The molecule has 4 rings (SSSR count). The van der Waals surface area contributed by atoms with Crippen molar-refractivity contribution in [2.75, 3.05) is 17.2 Å². The third kappa shape index (κ3) is 2.69. The average molecular weight is 339 g/mol. The highest BCUT2D eigenvalue weighted by molar-refractivity contribution is 7.18. The van der Waals surface area contributed by atoms with Gasteiger partial charge in [-0.25, -0.2) is 4.98 Å². The Labute approximate surface area is 141 Å². The van der Waals surface area contributed by atoms with Gasteiger partial charge in [-0.1, -0.05) is 0 Å². The van der Waals surface area contributed by atoms with Gasteiger partial charge in [-0.15, -0.1) is 11.3 Å². The van der Waals surface area contributed by atoms with Gasteiger partial charge in [0.2, 0.25) is 0 Å². The van der Waals surface area contributed by atoms with Crippen LogP contribution in [0.25, 0.3) is 10.2 Å². The highest BCUT2D eigenvalue weighted by Crippen LogP contribution is 2.29. The molecule has 0 aliphatic carbocycles. The first-order valence-electron chi connectivity index (χ1n) is 7.34. The summed E-state index contributed by atoms with van der Waals surface area (Å²) in [6.07, 6.45) is 0. The standard InChI is InChI=1S/C17H13N3O3S/c1-9-18-12-4-3-11(7-15(12)24-9)19-17(22)10-2-5-14-13(6-10)20-16(21)8-23-14/h2-7H,8H2,1H3,(H,19,22)(H,20,21). The van der Waals surface area contributed by atoms with Gasteiger partial charge in [-0.2, -0.15) is 0 Å². The van der Waals surface area contributed by atoms with Crippen molar-refractivity contribution in [2.45, 2.75) is 6.92 Å². The molecule has 6 nitrogen and oxygen atoms in total. The molecule has 2 N–H and O–H groups in total. The number of ether oxygens (including phenoxy) is 1. The molecule has 0 saturated carbocycles. The fourth-order valence-electron chi connectivity index (χ4n) is 2.55. The molecule has 2 amide bonds. The number of benzene rings is 2. The number of hydrogen-bond donors (Lipinski definition) is 2. The quantitative estimate of drug-likeness (QED) is 0.751. The number of thiazole rings is 1. The lowest BCUT2D eigenvalue weighted by Gasteiger charge is -2.18. The largest absolute Gasteiger partial charge is 0.482 e. The second-order valence-electron chi connectivity index (χ2n) is 5.42. The number of aromatic nitrogens is 1. The van der Waals surface area contributed by atoms with Gasteiger partial charge in [0.1, 0.15) is 5.75 Å². The summed E-state index contributed by atoms with van der Waals surface area (Å²) in [4.78, 5) is 28.2. The first-order chi connectivity index (χ1) is 11.6. The molecule has 0 spiro atoms. The van der Waals surface area contributed by atoms with Crippen LogP contribution in [0.4, 0.5) is 11.4 Å². The fraction of sp³-hybridized carbons (Fsp3) is 0.118. The van der Waals surface area contributed by atoms with Crippen LogP contribution in [-0.2, 0) is 4.79 Å². The van der Waals surface area contributed by atoms with Crippen molar-refractivity contribution in [2.24, 2.45) is 0 Å². The zero-order valence-corrected chi connectivity index (χ0v) is 13.6. The number of nitrogens with zero attached hydrogens (tertiary/aromatic N) is 1. The van der Waals surface area contributed by atoms with Crippen molar-refractivity contribution in [3.63, 3.8) is 0 Å². The summed E-state index contributed by atoms with van der Waals surface area (Å²) in [7, 11) is 0. The summed E-state index contributed by atoms with van der Waals surface area (Å²) in [5.74, 6) is 0.0805. The molecular weight excluding hydrogens is 326 g/mol. The highest BCUT2D eigenvalue weighted by atomic mass is 32.1. The maximum Gasteiger partial charge on any atom is 0.262 e. The van der Waals surface area contributed by atoms with Gasteiger partial charge in [0.05, 0.1) is 20.9 Å². The lowest BCUT2D eigenvalue weighted by molar-refractivity contribution is -0.118. The van der Waals surface area contributed by atoms with Crippen molar-refractivity contribution in [1.29, 1.82) is 0 Å². The summed E-state index contributed by atoms with van der Waals surface area (Å²) in [5.41, 5.74) is 2.57. The Morgan fingerprint density at radius 2 is 2.17 bits per heavy atom. The van der Waals surface area contributed by atoms with E-state index in [1.807, 2.05) is 25.1 Å². The molecule has 2 aromatic carbocycles. The number of carbonyl (C=O) groups is 2. The topological polar surface area (TPSA) is 80.3 Å². The van der Waals surface area contributed by atoms with Crippen molar-refractivity contribution < 1.29 is 14.3 Å². The van der Waals surface area contributed by atoms with Gasteiger partial charge in [0, 0.05) is 11.3 Å². The molecule has 0 saturated heterocycles. The molecule has 3 aromatic rings. The van der Waals surface area contributed by atoms with Gasteiger partial charge in [-0.05, 0) is 43.3 Å². The number of carbonyl (C=O) groups excluding carboxylic acids is 2. The van der Waals surface area contributed by atoms with E-state index in [0.29, 0.717) is 22.7 Å². The van der Waals surface area contributed by atoms with Gasteiger partial charge in [-0.3, -0.25) is 9.59 Å². The number of fused-ring (bicyclic) bond motifs is 2. The Balaban J connectivity index is 1.58. The predicted molar refractivity (Wildman–Crippen MR) is 92.9 cm³/mol. The normalized spacial score (nSPS) is 13.1. The van der Waals surface area contributed by atoms with Crippen LogP contribution in [0.15, 0.2) is 36.4 Å². The van der Waals surface area contributed by atoms with Crippen LogP contribution in [0, 0.1) is 6.92 Å². The molecule has 120 valence electrons. The van der Waals surface area contributed by atoms with Gasteiger partial charge in [0.15, 0.2) is 6.61 Å². The number of amides is 2. The molecule has 0 radical (unpaired) electrons. The lowest BCUT2D eigenvalue weighted by Crippen LogP contribution is -2.25. The predicted octanol–water partition coefficient (Wildman–Crippen LogP) is 3.19. The molecular formula is C17H13N3O3S. The molecule has 0 atom stereocenters. The van der Waals surface area contributed by atoms with E-state index >= 15 is 0 Å². The summed E-state index contributed by atoms with van der Waals surface area (Å²) >= 11 is 1.58. The Kier molecular flexibility index (Phi) is 3.42. The van der Waals surface area contributed by atoms with Crippen LogP contribution in [-0.4, -0.2) is 23.4 Å². The monoisotopic (exact) mass is 339 g/mol. The van der Waals surface area contributed by atoms with E-state index in [4.69, 9.17) is 4.74 Å². The first kappa shape index (κ1) is 14.6. The maximum absolute atomic E-state index is 12.4. The lowest BCUT2D eigenvalue weighted by atomic mass is 10.1. The minimum Gasteiger partial charge on any atom is -0.482 e. The highest BCUT2D eigenvalue weighted by Gasteiger charge is 2.18. The Morgan fingerprint density at radius 1 is 1.29 bits per heavy atom. The van der Waals surface area contributed by atoms with E-state index in [2.05, 4.69) is 15.6 Å². The summed E-state index contributed by atoms with van der Waals surface area (Å²) < 4.78 is 6.31. The van der Waals surface area contributed by atoms with Gasteiger partial charge >= 0.3 is 0 Å². The van der Waals surface area contributed by atoms with Crippen LogP contribution in [0.2, 0.25) is 0 Å². The number of hydrogen-bond acceptors (Lipinski definition) is 5. The van der Waals surface area contributed by atoms with E-state index in [0.717, 1.165) is 15.2 Å². The molecule has 1 aliphatic heterocycles. The van der Waals surface area contributed by atoms with E-state index < -0.39 is 0 Å². The maximum atomic E-state index is 12.4. The third-order valence-electron chi connectivity index (χ3n) is 3.63. The van der Waals surface area contributed by atoms with Crippen LogP contribution in [0.3, 0.4) is 0 Å². The smallest absolute Gasteiger partial charge is 0.262 e. The van der Waals surface area contributed by atoms with Crippen molar-refractivity contribution in [3.05, 3.63) is 47.0 Å². The molecule has 24 heavy (non-hydrogen) atoms. The number of nitrogens with one attached hydrogen (secondary N) is 2. The zero-order valence-electron chi connectivity index (χ0n) is 12.8. The van der Waals surface area contributed by atoms with Crippen LogP contribution in [0.1, 0.15) is 15.4 Å². The first-order valence-corrected chi connectivity index (χ1v) is 8.15. The van der Waals surface area contributed by atoms with Crippen molar-refractivity contribution >= 4 is 44.7 Å². The molecule has 0 unspecified atom stereocenters. The average Bonchev–Trinajstić information content (AvgIpc) is 2.93. The van der Waals surface area contributed by atoms with Crippen LogP contribution >= 0.6 is 11.3 Å². The number of anilines is 2. The second kappa shape index (κ2) is 5.61. The molecule has 0 fully saturated rings. The number of rotatable bonds is 2. The van der Waals surface area contributed by atoms with E-state index in [9.17, 15) is 9.59 Å². The molecule has 1 aliphatic rings. The minimum atomic E-state index is -0.252. The molecule has 1 aromatic heterocycles. The number of aryl methyl sites for hydroxylation is 1. The molecule has 0 bridgehead atoms. The van der Waals surface area contributed by atoms with Gasteiger partial charge in [0.25, 0.3) is 11.8 Å². The zero-order chi connectivity index (χ0) is 16.7.